The third-order valence-electron chi connectivity index (χ3n) is 3.46. The number of piperidine rings is 1. The molecule has 1 aliphatic rings. The van der Waals surface area contributed by atoms with Crippen molar-refractivity contribution in [2.75, 3.05) is 24.6 Å². The van der Waals surface area contributed by atoms with Crippen molar-refractivity contribution < 1.29 is 9.90 Å². The van der Waals surface area contributed by atoms with Crippen LogP contribution in [0, 0.1) is 12.8 Å². The molecule has 1 aliphatic heterocycles. The van der Waals surface area contributed by atoms with Gasteiger partial charge >= 0.3 is 0 Å². The number of carbonyl (C=O) groups is 1. The summed E-state index contributed by atoms with van der Waals surface area (Å²) < 4.78 is 0. The number of rotatable bonds is 4. The minimum atomic E-state index is 0.197. The van der Waals surface area contributed by atoms with Crippen LogP contribution in [0.25, 0.3) is 0 Å². The van der Waals surface area contributed by atoms with E-state index in [1.807, 2.05) is 0 Å². The number of nitrogens with zero attached hydrogens (tertiary/aromatic N) is 3. The van der Waals surface area contributed by atoms with Crippen molar-refractivity contribution in [3.63, 3.8) is 0 Å². The van der Waals surface area contributed by atoms with Crippen LogP contribution in [0.1, 0.15) is 35.4 Å². The smallest absolute Gasteiger partial charge is 0.156 e. The summed E-state index contributed by atoms with van der Waals surface area (Å²) in [6.07, 6.45) is 3.63. The van der Waals surface area contributed by atoms with Crippen LogP contribution >= 0.6 is 11.6 Å². The van der Waals surface area contributed by atoms with Crippen molar-refractivity contribution in [1.29, 1.82) is 0 Å². The van der Waals surface area contributed by atoms with E-state index in [0.29, 0.717) is 29.4 Å². The second kappa shape index (κ2) is 6.30. The van der Waals surface area contributed by atoms with Crippen LogP contribution < -0.4 is 4.90 Å². The van der Waals surface area contributed by atoms with Crippen LogP contribution in [0.3, 0.4) is 0 Å². The van der Waals surface area contributed by atoms with Crippen LogP contribution in [0.15, 0.2) is 0 Å². The Morgan fingerprint density at radius 2 is 2.32 bits per heavy atom. The van der Waals surface area contributed by atoms with E-state index in [9.17, 15) is 4.79 Å². The van der Waals surface area contributed by atoms with Crippen molar-refractivity contribution in [1.82, 2.24) is 9.97 Å². The molecule has 1 atom stereocenters. The molecule has 104 valence electrons. The van der Waals surface area contributed by atoms with E-state index >= 15 is 0 Å². The summed E-state index contributed by atoms with van der Waals surface area (Å²) in [5, 5.41) is 9.25. The fourth-order valence-electron chi connectivity index (χ4n) is 2.55. The molecule has 19 heavy (non-hydrogen) atoms. The molecular formula is C13H18ClN3O2. The van der Waals surface area contributed by atoms with Crippen LogP contribution in [0.4, 0.5) is 5.82 Å². The van der Waals surface area contributed by atoms with Crippen LogP contribution in [-0.4, -0.2) is 41.1 Å². The molecule has 0 aliphatic carbocycles. The van der Waals surface area contributed by atoms with Gasteiger partial charge in [-0.3, -0.25) is 4.79 Å². The normalized spacial score (nSPS) is 19.5. The highest BCUT2D eigenvalue weighted by atomic mass is 35.5. The lowest BCUT2D eigenvalue weighted by Crippen LogP contribution is -2.37. The lowest BCUT2D eigenvalue weighted by molar-refractivity contribution is 0.112. The predicted molar refractivity (Wildman–Crippen MR) is 73.8 cm³/mol. The van der Waals surface area contributed by atoms with E-state index in [4.69, 9.17) is 16.7 Å². The molecule has 6 heteroatoms. The molecule has 0 radical (unpaired) electrons. The summed E-state index contributed by atoms with van der Waals surface area (Å²) in [4.78, 5) is 21.6. The Morgan fingerprint density at radius 1 is 1.53 bits per heavy atom. The van der Waals surface area contributed by atoms with Gasteiger partial charge in [-0.25, -0.2) is 9.97 Å². The van der Waals surface area contributed by atoms with E-state index in [2.05, 4.69) is 14.9 Å². The molecule has 2 heterocycles. The van der Waals surface area contributed by atoms with Gasteiger partial charge in [-0.15, -0.1) is 0 Å². The molecule has 1 aromatic rings. The van der Waals surface area contributed by atoms with Gasteiger partial charge in [-0.2, -0.15) is 0 Å². The zero-order valence-corrected chi connectivity index (χ0v) is 11.7. The zero-order valence-electron chi connectivity index (χ0n) is 11.0. The van der Waals surface area contributed by atoms with E-state index < -0.39 is 0 Å². The van der Waals surface area contributed by atoms with Crippen molar-refractivity contribution in [2.45, 2.75) is 26.2 Å². The first kappa shape index (κ1) is 14.2. The highest BCUT2D eigenvalue weighted by molar-refractivity contribution is 6.32. The lowest BCUT2D eigenvalue weighted by atomic mass is 9.95. The number of carbonyl (C=O) groups excluding carboxylic acids is 1. The first-order valence-electron chi connectivity index (χ1n) is 6.50. The van der Waals surface area contributed by atoms with Gasteiger partial charge in [-0.1, -0.05) is 11.6 Å². The molecule has 0 spiro atoms. The summed E-state index contributed by atoms with van der Waals surface area (Å²) in [5.41, 5.74) is 0.358. The Kier molecular flexibility index (Phi) is 4.71. The Balaban J connectivity index is 2.27. The van der Waals surface area contributed by atoms with Gasteiger partial charge in [0.05, 0.1) is 5.56 Å². The van der Waals surface area contributed by atoms with Crippen molar-refractivity contribution in [3.8, 4) is 0 Å². The molecule has 1 N–H and O–H groups in total. The summed E-state index contributed by atoms with van der Waals surface area (Å²) in [5.74, 6) is 1.62. The zero-order chi connectivity index (χ0) is 13.8. The largest absolute Gasteiger partial charge is 0.396 e. The second-order valence-electron chi connectivity index (χ2n) is 4.88. The highest BCUT2D eigenvalue weighted by Gasteiger charge is 2.24. The van der Waals surface area contributed by atoms with Gasteiger partial charge in [0.25, 0.3) is 0 Å². The molecule has 0 saturated carbocycles. The molecule has 0 amide bonds. The van der Waals surface area contributed by atoms with E-state index in [-0.39, 0.29) is 11.8 Å². The average molecular weight is 284 g/mol. The molecule has 0 aromatic carbocycles. The van der Waals surface area contributed by atoms with E-state index in [0.717, 1.165) is 32.4 Å². The summed E-state index contributed by atoms with van der Waals surface area (Å²) in [6.45, 7) is 3.62. The lowest BCUT2D eigenvalue weighted by Gasteiger charge is -2.34. The first-order chi connectivity index (χ1) is 9.15. The molecule has 1 fully saturated rings. The maximum absolute atomic E-state index is 11.2. The van der Waals surface area contributed by atoms with E-state index in [1.165, 1.54) is 0 Å². The minimum absolute atomic E-state index is 0.197. The number of aromatic nitrogens is 2. The molecular weight excluding hydrogens is 266 g/mol. The monoisotopic (exact) mass is 283 g/mol. The minimum Gasteiger partial charge on any atom is -0.396 e. The molecule has 0 bridgehead atoms. The molecule has 1 unspecified atom stereocenters. The standard InChI is InChI=1S/C13H18ClN3O2/c1-9-15-12(14)11(8-19)13(16-9)17-5-2-3-10(7-17)4-6-18/h8,10,18H,2-7H2,1H3. The van der Waals surface area contributed by atoms with E-state index in [1.54, 1.807) is 6.92 Å². The Labute approximate surface area is 117 Å². The summed E-state index contributed by atoms with van der Waals surface area (Å²) in [6, 6.07) is 0. The number of hydrogen-bond donors (Lipinski definition) is 1. The second-order valence-corrected chi connectivity index (χ2v) is 5.24. The van der Waals surface area contributed by atoms with Crippen molar-refractivity contribution in [2.24, 2.45) is 5.92 Å². The topological polar surface area (TPSA) is 66.3 Å². The average Bonchev–Trinajstić information content (AvgIpc) is 2.38. The number of anilines is 1. The predicted octanol–water partition coefficient (Wildman–Crippen LogP) is 1.85. The number of aliphatic hydroxyl groups is 1. The summed E-state index contributed by atoms with van der Waals surface area (Å²) in [7, 11) is 0. The maximum atomic E-state index is 11.2. The molecule has 5 nitrogen and oxygen atoms in total. The van der Waals surface area contributed by atoms with Gasteiger partial charge in [0, 0.05) is 19.7 Å². The SMILES string of the molecule is Cc1nc(Cl)c(C=O)c(N2CCCC(CCO)C2)n1. The molecule has 1 saturated heterocycles. The Morgan fingerprint density at radius 3 is 3.00 bits per heavy atom. The van der Waals surface area contributed by atoms with Crippen molar-refractivity contribution in [3.05, 3.63) is 16.5 Å². The van der Waals surface area contributed by atoms with Crippen LogP contribution in [0.5, 0.6) is 0 Å². The van der Waals surface area contributed by atoms with Crippen molar-refractivity contribution >= 4 is 23.7 Å². The fourth-order valence-corrected chi connectivity index (χ4v) is 2.80. The van der Waals surface area contributed by atoms with Crippen LogP contribution in [-0.2, 0) is 0 Å². The number of aryl methyl sites for hydroxylation is 1. The number of aldehydes is 1. The number of hydrogen-bond acceptors (Lipinski definition) is 5. The quantitative estimate of drug-likeness (QED) is 0.675. The van der Waals surface area contributed by atoms with Crippen LogP contribution in [0.2, 0.25) is 5.15 Å². The Bertz CT molecular complexity index is 465. The van der Waals surface area contributed by atoms with Gasteiger partial charge < -0.3 is 10.0 Å². The van der Waals surface area contributed by atoms with Gasteiger partial charge in [0.1, 0.15) is 16.8 Å². The summed E-state index contributed by atoms with van der Waals surface area (Å²) >= 11 is 6.00. The third-order valence-corrected chi connectivity index (χ3v) is 3.75. The molecule has 1 aromatic heterocycles. The maximum Gasteiger partial charge on any atom is 0.156 e. The number of aliphatic hydroxyl groups excluding tert-OH is 1. The fraction of sp³-hybridized carbons (Fsp3) is 0.615. The number of halogens is 1. The third kappa shape index (κ3) is 3.22. The van der Waals surface area contributed by atoms with Gasteiger partial charge in [0.2, 0.25) is 0 Å². The highest BCUT2D eigenvalue weighted by Crippen LogP contribution is 2.28. The molecule has 2 rings (SSSR count). The Hall–Kier alpha value is -1.20. The van der Waals surface area contributed by atoms with Gasteiger partial charge in [0.15, 0.2) is 6.29 Å². The van der Waals surface area contributed by atoms with Gasteiger partial charge in [-0.05, 0) is 32.1 Å². The first-order valence-corrected chi connectivity index (χ1v) is 6.88.